The summed E-state index contributed by atoms with van der Waals surface area (Å²) in [6.07, 6.45) is 8.99. The van der Waals surface area contributed by atoms with E-state index in [1.165, 1.54) is 12.8 Å². The summed E-state index contributed by atoms with van der Waals surface area (Å²) in [5.74, 6) is 1.07. The lowest BCUT2D eigenvalue weighted by atomic mass is 9.69. The minimum absolute atomic E-state index is 0.270. The first-order valence-corrected chi connectivity index (χ1v) is 8.77. The molecule has 0 atom stereocenters. The molecule has 0 saturated heterocycles. The van der Waals surface area contributed by atoms with Crippen molar-refractivity contribution in [3.05, 3.63) is 0 Å². The van der Waals surface area contributed by atoms with Crippen molar-refractivity contribution in [3.63, 3.8) is 0 Å². The summed E-state index contributed by atoms with van der Waals surface area (Å²) in [4.78, 5) is 15.1. The van der Waals surface area contributed by atoms with Gasteiger partial charge in [0.25, 0.3) is 0 Å². The van der Waals surface area contributed by atoms with Crippen LogP contribution in [-0.4, -0.2) is 30.4 Å². The van der Waals surface area contributed by atoms with Gasteiger partial charge in [-0.2, -0.15) is 0 Å². The molecule has 0 unspecified atom stereocenters. The van der Waals surface area contributed by atoms with E-state index >= 15 is 0 Å². The molecule has 0 spiro atoms. The van der Waals surface area contributed by atoms with Gasteiger partial charge in [0.2, 0.25) is 5.91 Å². The largest absolute Gasteiger partial charge is 0.342 e. The molecular formula is C18H34N2O. The summed E-state index contributed by atoms with van der Waals surface area (Å²) in [6, 6.07) is 0.424. The van der Waals surface area contributed by atoms with Crippen LogP contribution >= 0.6 is 0 Å². The molecule has 0 aromatic heterocycles. The second kappa shape index (κ2) is 6.28. The average Bonchev–Trinajstić information content (AvgIpc) is 2.47. The summed E-state index contributed by atoms with van der Waals surface area (Å²) in [5.41, 5.74) is 6.23. The molecule has 0 aliphatic heterocycles. The zero-order valence-electron chi connectivity index (χ0n) is 14.5. The first-order valence-electron chi connectivity index (χ1n) is 8.77. The Morgan fingerprint density at radius 2 is 1.62 bits per heavy atom. The Morgan fingerprint density at radius 3 is 2.10 bits per heavy atom. The van der Waals surface area contributed by atoms with Crippen molar-refractivity contribution in [3.8, 4) is 0 Å². The summed E-state index contributed by atoms with van der Waals surface area (Å²) in [7, 11) is 2.01. The van der Waals surface area contributed by atoms with Crippen LogP contribution in [0.1, 0.15) is 72.1 Å². The van der Waals surface area contributed by atoms with E-state index in [2.05, 4.69) is 25.7 Å². The summed E-state index contributed by atoms with van der Waals surface area (Å²) in [5, 5.41) is 0. The van der Waals surface area contributed by atoms with Gasteiger partial charge >= 0.3 is 0 Å². The smallest absolute Gasteiger partial charge is 0.230 e. The fraction of sp³-hybridized carbons (Fsp3) is 0.944. The van der Waals surface area contributed by atoms with E-state index < -0.39 is 0 Å². The molecule has 0 heterocycles. The second-order valence-corrected chi connectivity index (χ2v) is 8.48. The molecule has 0 radical (unpaired) electrons. The van der Waals surface area contributed by atoms with Gasteiger partial charge in [-0.05, 0) is 62.7 Å². The maximum Gasteiger partial charge on any atom is 0.230 e. The van der Waals surface area contributed by atoms with Gasteiger partial charge in [0, 0.05) is 19.6 Å². The third-order valence-corrected chi connectivity index (χ3v) is 6.25. The molecule has 0 aromatic rings. The molecule has 2 N–H and O–H groups in total. The van der Waals surface area contributed by atoms with Crippen LogP contribution in [0.3, 0.4) is 0 Å². The zero-order valence-corrected chi connectivity index (χ0v) is 14.5. The minimum atomic E-state index is -0.270. The highest BCUT2D eigenvalue weighted by Crippen LogP contribution is 2.42. The highest BCUT2D eigenvalue weighted by molar-refractivity contribution is 5.83. The maximum absolute atomic E-state index is 13.1. The van der Waals surface area contributed by atoms with Crippen molar-refractivity contribution in [2.24, 2.45) is 22.5 Å². The van der Waals surface area contributed by atoms with Gasteiger partial charge in [-0.1, -0.05) is 20.8 Å². The Labute approximate surface area is 130 Å². The van der Waals surface area contributed by atoms with Crippen molar-refractivity contribution in [1.29, 1.82) is 0 Å². The maximum atomic E-state index is 13.1. The number of hydrogen-bond acceptors (Lipinski definition) is 2. The normalized spacial score (nSPS) is 33.7. The third-order valence-electron chi connectivity index (χ3n) is 6.25. The Bertz CT molecular complexity index is 359. The monoisotopic (exact) mass is 294 g/mol. The van der Waals surface area contributed by atoms with Gasteiger partial charge < -0.3 is 10.6 Å². The molecule has 2 fully saturated rings. The summed E-state index contributed by atoms with van der Waals surface area (Å²) < 4.78 is 0. The average molecular weight is 294 g/mol. The molecule has 3 heteroatoms. The minimum Gasteiger partial charge on any atom is -0.342 e. The standard InChI is InChI=1S/C18H34N2O/c1-14-5-11-18(13-19,12-6-14)16(21)20(4)15-7-9-17(2,3)10-8-15/h14-15H,5-13,19H2,1-4H3. The van der Waals surface area contributed by atoms with Crippen LogP contribution in [0.15, 0.2) is 0 Å². The third kappa shape index (κ3) is 3.61. The van der Waals surface area contributed by atoms with E-state index in [0.29, 0.717) is 23.9 Å². The van der Waals surface area contributed by atoms with Crippen LogP contribution in [0, 0.1) is 16.7 Å². The summed E-state index contributed by atoms with van der Waals surface area (Å²) in [6.45, 7) is 7.49. The quantitative estimate of drug-likeness (QED) is 0.865. The topological polar surface area (TPSA) is 46.3 Å². The lowest BCUT2D eigenvalue weighted by Crippen LogP contribution is -2.52. The van der Waals surface area contributed by atoms with E-state index in [4.69, 9.17) is 5.73 Å². The highest BCUT2D eigenvalue weighted by Gasteiger charge is 2.43. The van der Waals surface area contributed by atoms with Crippen molar-refractivity contribution < 1.29 is 4.79 Å². The van der Waals surface area contributed by atoms with E-state index in [9.17, 15) is 4.79 Å². The van der Waals surface area contributed by atoms with Gasteiger partial charge in [0.1, 0.15) is 0 Å². The number of amides is 1. The van der Waals surface area contributed by atoms with Crippen LogP contribution < -0.4 is 5.73 Å². The highest BCUT2D eigenvalue weighted by atomic mass is 16.2. The van der Waals surface area contributed by atoms with Crippen molar-refractivity contribution in [2.45, 2.75) is 78.2 Å². The first kappa shape index (κ1) is 16.8. The Balaban J connectivity index is 2.01. The van der Waals surface area contributed by atoms with Crippen molar-refractivity contribution >= 4 is 5.91 Å². The Hall–Kier alpha value is -0.570. The molecule has 2 rings (SSSR count). The molecule has 2 aliphatic rings. The Morgan fingerprint density at radius 1 is 1.10 bits per heavy atom. The van der Waals surface area contributed by atoms with E-state index in [0.717, 1.165) is 44.4 Å². The van der Waals surface area contributed by atoms with Gasteiger partial charge in [-0.15, -0.1) is 0 Å². The number of nitrogens with two attached hydrogens (primary N) is 1. The SMILES string of the molecule is CC1CCC(CN)(C(=O)N(C)C2CCC(C)(C)CC2)CC1. The lowest BCUT2D eigenvalue weighted by Gasteiger charge is -2.44. The Kier molecular flexibility index (Phi) is 5.02. The van der Waals surface area contributed by atoms with E-state index in [1.807, 2.05) is 7.05 Å². The van der Waals surface area contributed by atoms with Crippen LogP contribution in [0.2, 0.25) is 0 Å². The number of rotatable bonds is 3. The molecule has 21 heavy (non-hydrogen) atoms. The van der Waals surface area contributed by atoms with Gasteiger partial charge in [-0.25, -0.2) is 0 Å². The molecular weight excluding hydrogens is 260 g/mol. The molecule has 2 saturated carbocycles. The number of nitrogens with zero attached hydrogens (tertiary/aromatic N) is 1. The molecule has 0 bridgehead atoms. The van der Waals surface area contributed by atoms with Crippen LogP contribution in [0.4, 0.5) is 0 Å². The predicted molar refractivity (Wildman–Crippen MR) is 87.9 cm³/mol. The van der Waals surface area contributed by atoms with Gasteiger partial charge in [0.05, 0.1) is 5.41 Å². The molecule has 122 valence electrons. The number of carbonyl (C=O) groups is 1. The van der Waals surface area contributed by atoms with Gasteiger partial charge in [-0.3, -0.25) is 4.79 Å². The molecule has 1 amide bonds. The van der Waals surface area contributed by atoms with E-state index in [-0.39, 0.29) is 5.41 Å². The van der Waals surface area contributed by atoms with Crippen molar-refractivity contribution in [1.82, 2.24) is 4.90 Å². The molecule has 0 aromatic carbocycles. The second-order valence-electron chi connectivity index (χ2n) is 8.48. The van der Waals surface area contributed by atoms with Crippen LogP contribution in [0.25, 0.3) is 0 Å². The van der Waals surface area contributed by atoms with Crippen LogP contribution in [0.5, 0.6) is 0 Å². The zero-order chi connectivity index (χ0) is 15.7. The van der Waals surface area contributed by atoms with Crippen LogP contribution in [-0.2, 0) is 4.79 Å². The van der Waals surface area contributed by atoms with Crippen molar-refractivity contribution in [2.75, 3.05) is 13.6 Å². The fourth-order valence-corrected chi connectivity index (χ4v) is 4.13. The lowest BCUT2D eigenvalue weighted by molar-refractivity contribution is -0.146. The number of hydrogen-bond donors (Lipinski definition) is 1. The summed E-state index contributed by atoms with van der Waals surface area (Å²) >= 11 is 0. The predicted octanol–water partition coefficient (Wildman–Crippen LogP) is 3.57. The van der Waals surface area contributed by atoms with E-state index in [1.54, 1.807) is 0 Å². The first-order chi connectivity index (χ1) is 9.80. The molecule has 3 nitrogen and oxygen atoms in total. The van der Waals surface area contributed by atoms with Gasteiger partial charge in [0.15, 0.2) is 0 Å². The molecule has 2 aliphatic carbocycles. The number of carbonyl (C=O) groups excluding carboxylic acids is 1. The fourth-order valence-electron chi connectivity index (χ4n) is 4.13.